The third-order valence-electron chi connectivity index (χ3n) is 11.8. The summed E-state index contributed by atoms with van der Waals surface area (Å²) in [6.45, 7) is 11.1. The quantitative estimate of drug-likeness (QED) is 0.0115. The fourth-order valence-electron chi connectivity index (χ4n) is 8.01. The van der Waals surface area contributed by atoms with E-state index < -0.39 is 109 Å². The van der Waals surface area contributed by atoms with Crippen LogP contribution < -0.4 is 42.3 Å². The highest BCUT2D eigenvalue weighted by Crippen LogP contribution is 2.30. The van der Waals surface area contributed by atoms with Gasteiger partial charge in [0.1, 0.15) is 67.9 Å². The summed E-state index contributed by atoms with van der Waals surface area (Å²) in [5, 5.41) is 39.2. The van der Waals surface area contributed by atoms with Crippen LogP contribution in [0.25, 0.3) is 5.69 Å². The number of carbonyl (C=O) groups excluding carboxylic acids is 6. The number of nitrogens with one attached hydrogen (secondary N) is 6. The minimum absolute atomic E-state index is 0. The van der Waals surface area contributed by atoms with Gasteiger partial charge >= 0.3 is 29.4 Å². The zero-order chi connectivity index (χ0) is 60.7. The molecule has 0 saturated carbocycles. The SMILES string of the molecule is C.CC(=O)NC1[C@H](OCCOCCOCCOc2ccc(-n3c(=O)[nH][nH]c3=O)cc2)OC(CO)[C@H](O)[C@@H]1O.CCOC(=O)NNC(=O)Cc1ccc(OCCOCCOCCO[C@@H]2OC(COC(C)=O)[C@H](OC(C)=O)[C@H](C)C2NC(C)=O)cc1.P. The molecule has 480 valence electrons. The molecule has 0 bridgehead atoms. The van der Waals surface area contributed by atoms with E-state index in [0.717, 1.165) is 10.1 Å². The predicted molar refractivity (Wildman–Crippen MR) is 302 cm³/mol. The lowest BCUT2D eigenvalue weighted by Crippen LogP contribution is -2.64. The molecule has 32 heteroatoms. The third kappa shape index (κ3) is 27.1. The number of rotatable bonds is 32. The molecule has 3 heterocycles. The van der Waals surface area contributed by atoms with E-state index in [1.165, 1.54) is 27.7 Å². The van der Waals surface area contributed by atoms with Gasteiger partial charge in [-0.3, -0.25) is 29.4 Å². The summed E-state index contributed by atoms with van der Waals surface area (Å²) in [5.74, 6) is -1.44. The first-order valence-corrected chi connectivity index (χ1v) is 26.5. The number of ether oxygens (including phenoxy) is 13. The topological polar surface area (TPSA) is 402 Å². The second-order valence-corrected chi connectivity index (χ2v) is 18.2. The standard InChI is InChI=1S/C30H45N3O13.C22H32N4O11.CH4.H3P/c1-6-41-30(38)33-32-26(37)17-23-7-9-24(10-8-23)42-15-13-39-11-12-40-14-16-43-29-27(31-20(3)34)19(2)28(45-22(5)36)25(46-29)18-44-21(4)35;1-13(28)23-17-19(30)18(29)16(12-27)37-20(17)36-11-9-34-7-6-33-8-10-35-15-4-2-14(3-5-15)26-21(31)24-25-22(26)32;;/h7-10,19,25,27-29H,6,11-18H2,1-5H3,(H,31,34)(H,32,37)(H,33,38);2-5,16-20,27,29-30H,6-12H2,1H3,(H,23,28)(H,24,31)(H,25,32);1H4;1H3/t19-,25?,27?,28-,29-;16?,17?,18-,19+,20+;;/m10../s1. The monoisotopic (exact) mass is 1230 g/mol. The van der Waals surface area contributed by atoms with Gasteiger partial charge in [0.15, 0.2) is 12.6 Å². The molecule has 3 aromatic rings. The van der Waals surface area contributed by atoms with Crippen molar-refractivity contribution in [1.29, 1.82) is 0 Å². The molecule has 9 N–H and O–H groups in total. The van der Waals surface area contributed by atoms with Gasteiger partial charge in [-0.2, -0.15) is 9.90 Å². The number of aliphatic hydroxyl groups is 3. The fourth-order valence-corrected chi connectivity index (χ4v) is 8.01. The number of hydrogen-bond acceptors (Lipinski definition) is 24. The smallest absolute Gasteiger partial charge is 0.426 e. The normalized spacial score (nSPS) is 21.4. The second-order valence-electron chi connectivity index (χ2n) is 18.2. The number of aromatic amines is 2. The van der Waals surface area contributed by atoms with Crippen molar-refractivity contribution >= 4 is 45.7 Å². The van der Waals surface area contributed by atoms with E-state index in [4.69, 9.17) is 56.8 Å². The number of H-pyrrole nitrogens is 2. The maximum Gasteiger partial charge on any atom is 0.426 e. The molecule has 31 nitrogen and oxygen atoms in total. The Bertz CT molecular complexity index is 2530. The van der Waals surface area contributed by atoms with Gasteiger partial charge in [0.05, 0.1) is 97.4 Å². The fraction of sp³-hybridized carbons (Fsp3) is 0.623. The Hall–Kier alpha value is -6.61. The van der Waals surface area contributed by atoms with Crippen molar-refractivity contribution in [2.24, 2.45) is 5.92 Å². The maximum absolute atomic E-state index is 11.9. The molecule has 2 aliphatic rings. The van der Waals surface area contributed by atoms with Crippen molar-refractivity contribution in [2.45, 2.75) is 111 Å². The van der Waals surface area contributed by atoms with Crippen LogP contribution >= 0.6 is 9.90 Å². The number of esters is 2. The van der Waals surface area contributed by atoms with Crippen LogP contribution in [-0.2, 0) is 82.5 Å². The van der Waals surface area contributed by atoms with E-state index in [0.29, 0.717) is 56.8 Å². The molecule has 1 aromatic heterocycles. The van der Waals surface area contributed by atoms with Crippen molar-refractivity contribution in [2.75, 3.05) is 99.1 Å². The Labute approximate surface area is 494 Å². The molecular formula is C53H84N7O24P. The molecule has 11 atom stereocenters. The number of nitrogens with zero attached hydrogens (tertiary/aromatic N) is 1. The Morgan fingerprint density at radius 1 is 0.612 bits per heavy atom. The molecule has 5 rings (SSSR count). The average Bonchev–Trinajstić information content (AvgIpc) is 3.67. The first kappa shape index (κ1) is 74.5. The summed E-state index contributed by atoms with van der Waals surface area (Å²) < 4.78 is 72.1. The van der Waals surface area contributed by atoms with E-state index in [1.54, 1.807) is 62.4 Å². The van der Waals surface area contributed by atoms with Crippen molar-refractivity contribution in [3.8, 4) is 17.2 Å². The number of hydrazine groups is 1. The summed E-state index contributed by atoms with van der Waals surface area (Å²) in [7, 11) is 0. The Morgan fingerprint density at radius 2 is 1.08 bits per heavy atom. The van der Waals surface area contributed by atoms with Gasteiger partial charge in [0, 0.05) is 33.6 Å². The highest BCUT2D eigenvalue weighted by molar-refractivity contribution is 6.92. The molecule has 2 aromatic carbocycles. The zero-order valence-corrected chi connectivity index (χ0v) is 49.2. The lowest BCUT2D eigenvalue weighted by Gasteiger charge is -2.44. The van der Waals surface area contributed by atoms with Crippen LogP contribution in [0.1, 0.15) is 54.5 Å². The number of aromatic nitrogens is 3. The summed E-state index contributed by atoms with van der Waals surface area (Å²) in [5.41, 5.74) is 4.43. The van der Waals surface area contributed by atoms with Crippen molar-refractivity contribution in [1.82, 2.24) is 36.2 Å². The van der Waals surface area contributed by atoms with Crippen molar-refractivity contribution < 1.29 is 106 Å². The zero-order valence-electron chi connectivity index (χ0n) is 47.8. The minimum atomic E-state index is -1.38. The lowest BCUT2D eigenvalue weighted by atomic mass is 9.88. The molecule has 0 aliphatic carbocycles. The van der Waals surface area contributed by atoms with Gasteiger partial charge in [0.25, 0.3) is 0 Å². The van der Waals surface area contributed by atoms with E-state index in [2.05, 4.69) is 36.4 Å². The van der Waals surface area contributed by atoms with E-state index in [-0.39, 0.29) is 82.5 Å². The minimum Gasteiger partial charge on any atom is -0.491 e. The summed E-state index contributed by atoms with van der Waals surface area (Å²) >= 11 is 0. The first-order valence-electron chi connectivity index (χ1n) is 26.5. The number of carbonyl (C=O) groups is 6. The van der Waals surface area contributed by atoms with Gasteiger partial charge < -0.3 is 87.5 Å². The highest BCUT2D eigenvalue weighted by Gasteiger charge is 2.47. The molecule has 4 amide bonds. The van der Waals surface area contributed by atoms with Crippen molar-refractivity contribution in [3.05, 3.63) is 75.1 Å². The molecule has 85 heavy (non-hydrogen) atoms. The summed E-state index contributed by atoms with van der Waals surface area (Å²) in [6, 6.07) is 11.7. The number of benzene rings is 2. The Morgan fingerprint density at radius 3 is 1.56 bits per heavy atom. The lowest BCUT2D eigenvalue weighted by molar-refractivity contribution is -0.272. The molecule has 2 saturated heterocycles. The molecule has 2 fully saturated rings. The van der Waals surface area contributed by atoms with Crippen LogP contribution in [0.3, 0.4) is 0 Å². The maximum atomic E-state index is 11.9. The van der Waals surface area contributed by atoms with E-state index in [9.17, 15) is 53.7 Å². The van der Waals surface area contributed by atoms with Crippen LogP contribution in [0.4, 0.5) is 4.79 Å². The average molecular weight is 1230 g/mol. The van der Waals surface area contributed by atoms with Gasteiger partial charge in [-0.25, -0.2) is 34.6 Å². The summed E-state index contributed by atoms with van der Waals surface area (Å²) in [6.07, 6.45) is -8.00. The second kappa shape index (κ2) is 40.7. The van der Waals surface area contributed by atoms with Crippen LogP contribution in [0.5, 0.6) is 11.5 Å². The highest BCUT2D eigenvalue weighted by atomic mass is 31.0. The Kier molecular flexibility index (Phi) is 35.6. The van der Waals surface area contributed by atoms with Crippen molar-refractivity contribution in [3.63, 3.8) is 0 Å². The molecule has 0 radical (unpaired) electrons. The van der Waals surface area contributed by atoms with Crippen LogP contribution in [0.2, 0.25) is 0 Å². The molecule has 2 aliphatic heterocycles. The molecule has 0 spiro atoms. The van der Waals surface area contributed by atoms with Gasteiger partial charge in [-0.15, -0.1) is 0 Å². The first-order chi connectivity index (χ1) is 39.8. The van der Waals surface area contributed by atoms with Gasteiger partial charge in [0.2, 0.25) is 17.7 Å². The largest absolute Gasteiger partial charge is 0.491 e. The predicted octanol–water partition coefficient (Wildman–Crippen LogP) is -1.28. The van der Waals surface area contributed by atoms with E-state index in [1.807, 2.05) is 0 Å². The third-order valence-corrected chi connectivity index (χ3v) is 11.8. The van der Waals surface area contributed by atoms with E-state index >= 15 is 0 Å². The van der Waals surface area contributed by atoms with Crippen LogP contribution in [0.15, 0.2) is 58.1 Å². The summed E-state index contributed by atoms with van der Waals surface area (Å²) in [4.78, 5) is 92.7. The Balaban J connectivity index is 0.000000578. The number of amides is 4. The molecular weight excluding hydrogens is 1150 g/mol. The molecule has 5 unspecified atom stereocenters. The van der Waals surface area contributed by atoms with Crippen LogP contribution in [0, 0.1) is 5.92 Å². The number of aliphatic hydroxyl groups excluding tert-OH is 3. The number of hydrogen-bond donors (Lipinski definition) is 9. The van der Waals surface area contributed by atoms with Gasteiger partial charge in [-0.05, 0) is 48.9 Å². The van der Waals surface area contributed by atoms with Crippen LogP contribution in [-0.4, -0.2) is 220 Å². The van der Waals surface area contributed by atoms with Gasteiger partial charge in [-0.1, -0.05) is 26.5 Å².